The van der Waals surface area contributed by atoms with Crippen LogP contribution in [-0.4, -0.2) is 37.3 Å². The minimum atomic E-state index is -0.699. The van der Waals surface area contributed by atoms with E-state index in [0.717, 1.165) is 6.42 Å². The predicted octanol–water partition coefficient (Wildman–Crippen LogP) is 3.44. The molecule has 7 heteroatoms. The summed E-state index contributed by atoms with van der Waals surface area (Å²) < 4.78 is 10.3. The minimum Gasteiger partial charge on any atom is -0.497 e. The van der Waals surface area contributed by atoms with E-state index < -0.39 is 12.6 Å². The monoisotopic (exact) mass is 445 g/mol. The van der Waals surface area contributed by atoms with Crippen LogP contribution < -0.4 is 9.64 Å². The van der Waals surface area contributed by atoms with E-state index in [9.17, 15) is 19.2 Å². The molecular formula is C26H23NO6. The fourth-order valence-electron chi connectivity index (χ4n) is 5.38. The molecule has 4 atom stereocenters. The Morgan fingerprint density at radius 1 is 1.00 bits per heavy atom. The van der Waals surface area contributed by atoms with Crippen molar-refractivity contribution in [2.24, 2.45) is 23.7 Å². The number of amides is 2. The van der Waals surface area contributed by atoms with Gasteiger partial charge in [-0.25, -0.2) is 9.69 Å². The van der Waals surface area contributed by atoms with E-state index in [4.69, 9.17) is 9.47 Å². The van der Waals surface area contributed by atoms with E-state index in [0.29, 0.717) is 17.0 Å². The Kier molecular flexibility index (Phi) is 5.12. The number of carbonyl (C=O) groups excluding carboxylic acids is 4. The lowest BCUT2D eigenvalue weighted by Gasteiger charge is -2.19. The number of carbonyl (C=O) groups is 4. The zero-order valence-corrected chi connectivity index (χ0v) is 18.3. The van der Waals surface area contributed by atoms with Crippen LogP contribution in [0, 0.1) is 23.7 Å². The largest absolute Gasteiger partial charge is 0.497 e. The molecule has 33 heavy (non-hydrogen) atoms. The topological polar surface area (TPSA) is 90.0 Å². The van der Waals surface area contributed by atoms with Gasteiger partial charge in [0.25, 0.3) is 0 Å². The van der Waals surface area contributed by atoms with E-state index in [2.05, 4.69) is 6.08 Å². The molecule has 7 nitrogen and oxygen atoms in total. The molecule has 2 aromatic carbocycles. The van der Waals surface area contributed by atoms with Crippen LogP contribution in [0.15, 0.2) is 60.2 Å². The number of hydrogen-bond acceptors (Lipinski definition) is 6. The predicted molar refractivity (Wildman–Crippen MR) is 119 cm³/mol. The second-order valence-electron chi connectivity index (χ2n) is 8.76. The first-order chi connectivity index (χ1) is 15.9. The summed E-state index contributed by atoms with van der Waals surface area (Å²) in [6.07, 6.45) is 2.98. The van der Waals surface area contributed by atoms with Gasteiger partial charge in [-0.05, 0) is 67.6 Å². The van der Waals surface area contributed by atoms with Gasteiger partial charge in [0.2, 0.25) is 11.8 Å². The molecule has 5 rings (SSSR count). The summed E-state index contributed by atoms with van der Waals surface area (Å²) in [6.45, 7) is 1.60. The minimum absolute atomic E-state index is 0.110. The summed E-state index contributed by atoms with van der Waals surface area (Å²) in [6, 6.07) is 12.7. The molecule has 1 saturated heterocycles. The molecule has 2 fully saturated rings. The van der Waals surface area contributed by atoms with Gasteiger partial charge < -0.3 is 9.47 Å². The van der Waals surface area contributed by atoms with Crippen molar-refractivity contribution in [2.75, 3.05) is 18.6 Å². The van der Waals surface area contributed by atoms with Crippen molar-refractivity contribution in [3.8, 4) is 5.75 Å². The first-order valence-corrected chi connectivity index (χ1v) is 10.9. The lowest BCUT2D eigenvalue weighted by atomic mass is 9.82. The van der Waals surface area contributed by atoms with Crippen molar-refractivity contribution in [2.45, 2.75) is 13.3 Å². The number of anilines is 1. The van der Waals surface area contributed by atoms with Crippen molar-refractivity contribution in [3.05, 3.63) is 71.3 Å². The zero-order valence-electron chi connectivity index (χ0n) is 18.3. The number of methoxy groups -OCH3 is 1. The Balaban J connectivity index is 1.28. The van der Waals surface area contributed by atoms with Crippen molar-refractivity contribution in [1.29, 1.82) is 0 Å². The summed E-state index contributed by atoms with van der Waals surface area (Å²) in [4.78, 5) is 52.3. The molecule has 1 saturated carbocycles. The van der Waals surface area contributed by atoms with Crippen molar-refractivity contribution in [3.63, 3.8) is 0 Å². The van der Waals surface area contributed by atoms with Crippen molar-refractivity contribution >= 4 is 29.3 Å². The number of rotatable bonds is 6. The molecule has 168 valence electrons. The molecular weight excluding hydrogens is 422 g/mol. The van der Waals surface area contributed by atoms with Gasteiger partial charge in [0, 0.05) is 5.56 Å². The lowest BCUT2D eigenvalue weighted by Crippen LogP contribution is -2.33. The van der Waals surface area contributed by atoms with Gasteiger partial charge in [-0.1, -0.05) is 17.7 Å². The first kappa shape index (κ1) is 21.1. The third kappa shape index (κ3) is 3.44. The number of fused-ring (bicyclic) bond motifs is 5. The summed E-state index contributed by atoms with van der Waals surface area (Å²) >= 11 is 0. The maximum Gasteiger partial charge on any atom is 0.338 e. The maximum atomic E-state index is 13.1. The molecule has 2 bridgehead atoms. The average Bonchev–Trinajstić information content (AvgIpc) is 3.47. The van der Waals surface area contributed by atoms with E-state index in [1.165, 1.54) is 29.7 Å². The quantitative estimate of drug-likeness (QED) is 0.293. The number of ether oxygens (including phenoxy) is 2. The SMILES string of the molecule is COc1ccc(C(=O)COC(=O)c2cccc(N3C(=O)C4C5C=C(C)C(C5)C4C3=O)c2)cc1. The summed E-state index contributed by atoms with van der Waals surface area (Å²) in [7, 11) is 1.53. The van der Waals surface area contributed by atoms with Crippen molar-refractivity contribution in [1.82, 2.24) is 0 Å². The summed E-state index contributed by atoms with van der Waals surface area (Å²) in [5, 5.41) is 0. The van der Waals surface area contributed by atoms with Crippen LogP contribution in [0.3, 0.4) is 0 Å². The second kappa shape index (κ2) is 7.99. The Morgan fingerprint density at radius 2 is 1.73 bits per heavy atom. The molecule has 2 aromatic rings. The molecule has 0 spiro atoms. The van der Waals surface area contributed by atoms with Gasteiger partial charge >= 0.3 is 5.97 Å². The third-order valence-corrected chi connectivity index (χ3v) is 6.97. The molecule has 1 heterocycles. The Bertz CT molecular complexity index is 1200. The van der Waals surface area contributed by atoms with Gasteiger partial charge in [-0.15, -0.1) is 0 Å². The van der Waals surface area contributed by atoms with E-state index in [1.807, 2.05) is 6.92 Å². The van der Waals surface area contributed by atoms with Crippen LogP contribution >= 0.6 is 0 Å². The summed E-state index contributed by atoms with van der Waals surface area (Å²) in [5.74, 6) is -1.24. The number of esters is 1. The van der Waals surface area contributed by atoms with Gasteiger partial charge in [0.05, 0.1) is 30.2 Å². The molecule has 0 aromatic heterocycles. The smallest absolute Gasteiger partial charge is 0.338 e. The Labute approximate surface area is 191 Å². The number of imide groups is 1. The molecule has 3 aliphatic rings. The lowest BCUT2D eigenvalue weighted by molar-refractivity contribution is -0.123. The summed E-state index contributed by atoms with van der Waals surface area (Å²) in [5.41, 5.74) is 2.11. The molecule has 1 aliphatic heterocycles. The van der Waals surface area contributed by atoms with E-state index in [1.54, 1.807) is 36.4 Å². The number of Topliss-reactive ketones (excluding diaryl/α,β-unsaturated/α-hetero) is 1. The second-order valence-corrected chi connectivity index (χ2v) is 8.76. The molecule has 2 amide bonds. The fraction of sp³-hybridized carbons (Fsp3) is 0.308. The number of allylic oxidation sites excluding steroid dienone is 2. The molecule has 0 N–H and O–H groups in total. The van der Waals surface area contributed by atoms with Crippen LogP contribution in [0.2, 0.25) is 0 Å². The van der Waals surface area contributed by atoms with Crippen LogP contribution in [0.25, 0.3) is 0 Å². The number of ketones is 1. The fourth-order valence-corrected chi connectivity index (χ4v) is 5.38. The maximum absolute atomic E-state index is 13.1. The zero-order chi connectivity index (χ0) is 23.3. The van der Waals surface area contributed by atoms with Crippen molar-refractivity contribution < 1.29 is 28.7 Å². The first-order valence-electron chi connectivity index (χ1n) is 10.9. The van der Waals surface area contributed by atoms with Gasteiger partial charge in [-0.3, -0.25) is 14.4 Å². The molecule has 4 unspecified atom stereocenters. The van der Waals surface area contributed by atoms with E-state index in [-0.39, 0.29) is 46.8 Å². The third-order valence-electron chi connectivity index (χ3n) is 6.97. The van der Waals surface area contributed by atoms with Crippen LogP contribution in [0.4, 0.5) is 5.69 Å². The highest BCUT2D eigenvalue weighted by Crippen LogP contribution is 2.55. The van der Waals surface area contributed by atoms with Crippen LogP contribution in [-0.2, 0) is 14.3 Å². The highest BCUT2D eigenvalue weighted by Gasteiger charge is 2.60. The molecule has 0 radical (unpaired) electrons. The van der Waals surface area contributed by atoms with Gasteiger partial charge in [0.1, 0.15) is 5.75 Å². The van der Waals surface area contributed by atoms with Gasteiger partial charge in [0.15, 0.2) is 12.4 Å². The highest BCUT2D eigenvalue weighted by molar-refractivity contribution is 6.23. The van der Waals surface area contributed by atoms with Gasteiger partial charge in [-0.2, -0.15) is 0 Å². The van der Waals surface area contributed by atoms with E-state index >= 15 is 0 Å². The Morgan fingerprint density at radius 3 is 2.45 bits per heavy atom. The van der Waals surface area contributed by atoms with Crippen LogP contribution in [0.5, 0.6) is 5.75 Å². The van der Waals surface area contributed by atoms with Crippen LogP contribution in [0.1, 0.15) is 34.1 Å². The Hall–Kier alpha value is -3.74. The number of nitrogens with zero attached hydrogens (tertiary/aromatic N) is 1. The normalized spacial score (nSPS) is 25.2. The number of benzene rings is 2. The average molecular weight is 445 g/mol. The standard InChI is InChI=1S/C26H23NO6/c1-14-10-17-12-20(14)23-22(17)24(29)27(25(23)30)18-5-3-4-16(11-18)26(31)33-13-21(28)15-6-8-19(32-2)9-7-15/h3-11,17,20,22-23H,12-13H2,1-2H3. The molecule has 2 aliphatic carbocycles. The highest BCUT2D eigenvalue weighted by atomic mass is 16.5. The number of hydrogen-bond donors (Lipinski definition) is 0.